The summed E-state index contributed by atoms with van der Waals surface area (Å²) >= 11 is 0. The summed E-state index contributed by atoms with van der Waals surface area (Å²) < 4.78 is 25.5. The number of nitrogens with zero attached hydrogens (tertiary/aromatic N) is 3. The molecule has 2 aromatic heterocycles. The van der Waals surface area contributed by atoms with Gasteiger partial charge in [0.2, 0.25) is 20.9 Å². The topological polar surface area (TPSA) is 127 Å². The van der Waals surface area contributed by atoms with E-state index in [4.69, 9.17) is 5.73 Å². The first kappa shape index (κ1) is 22.1. The quantitative estimate of drug-likeness (QED) is 0.693. The van der Waals surface area contributed by atoms with E-state index < -0.39 is 9.84 Å². The maximum absolute atomic E-state index is 13.0. The van der Waals surface area contributed by atoms with Crippen LogP contribution in [0.5, 0.6) is 0 Å². The SMILES string of the molecule is CS(=O)(=O)c1nc(C(=O)N2CCCC(C(=O)NCCN)C2)c2ccccn12.Cl. The average molecular weight is 430 g/mol. The van der Waals surface area contributed by atoms with Crippen molar-refractivity contribution < 1.29 is 18.0 Å². The van der Waals surface area contributed by atoms with Crippen LogP contribution < -0.4 is 11.1 Å². The van der Waals surface area contributed by atoms with E-state index in [1.54, 1.807) is 29.3 Å². The second-order valence-electron chi connectivity index (χ2n) is 6.64. The van der Waals surface area contributed by atoms with Gasteiger partial charge in [-0.15, -0.1) is 12.4 Å². The summed E-state index contributed by atoms with van der Waals surface area (Å²) in [6.07, 6.45) is 4.01. The number of amides is 2. The van der Waals surface area contributed by atoms with Gasteiger partial charge < -0.3 is 16.0 Å². The predicted octanol–water partition coefficient (Wildman–Crippen LogP) is 0.0867. The molecule has 3 rings (SSSR count). The predicted molar refractivity (Wildman–Crippen MR) is 106 cm³/mol. The van der Waals surface area contributed by atoms with E-state index in [-0.39, 0.29) is 47.5 Å². The number of hydrogen-bond donors (Lipinski definition) is 2. The van der Waals surface area contributed by atoms with Crippen LogP contribution in [0.3, 0.4) is 0 Å². The zero-order valence-electron chi connectivity index (χ0n) is 15.5. The second kappa shape index (κ2) is 8.89. The van der Waals surface area contributed by atoms with Crippen molar-refractivity contribution in [3.05, 3.63) is 30.1 Å². The molecule has 9 nitrogen and oxygen atoms in total. The van der Waals surface area contributed by atoms with Crippen molar-refractivity contribution in [3.63, 3.8) is 0 Å². The number of pyridine rings is 1. The molecule has 0 radical (unpaired) electrons. The number of carbonyl (C=O) groups excluding carboxylic acids is 2. The van der Waals surface area contributed by atoms with Crippen LogP contribution in [0.4, 0.5) is 0 Å². The van der Waals surface area contributed by atoms with Crippen LogP contribution in [-0.4, -0.2) is 67.0 Å². The fraction of sp³-hybridized carbons (Fsp3) is 0.471. The molecule has 2 amide bonds. The standard InChI is InChI=1S/C17H23N5O4S.ClH/c1-27(25,26)17-20-14(13-6-2-3-10-22(13)17)16(24)21-9-4-5-12(11-21)15(23)19-8-7-18;/h2-3,6,10,12H,4-5,7-9,11,18H2,1H3,(H,19,23);1H. The fourth-order valence-electron chi connectivity index (χ4n) is 3.29. The van der Waals surface area contributed by atoms with Gasteiger partial charge in [-0.2, -0.15) is 0 Å². The zero-order chi connectivity index (χ0) is 19.6. The van der Waals surface area contributed by atoms with E-state index in [2.05, 4.69) is 10.3 Å². The van der Waals surface area contributed by atoms with Crippen molar-refractivity contribution in [3.8, 4) is 0 Å². The number of carbonyl (C=O) groups is 2. The minimum absolute atomic E-state index is 0. The molecule has 0 aliphatic carbocycles. The van der Waals surface area contributed by atoms with E-state index in [0.717, 1.165) is 6.26 Å². The number of sulfone groups is 1. The molecule has 0 spiro atoms. The highest BCUT2D eigenvalue weighted by molar-refractivity contribution is 7.90. The Balaban J connectivity index is 0.00000280. The highest BCUT2D eigenvalue weighted by Crippen LogP contribution is 2.22. The van der Waals surface area contributed by atoms with Gasteiger partial charge in [0.1, 0.15) is 0 Å². The Kier molecular flexibility index (Phi) is 7.02. The molecule has 3 N–H and O–H groups in total. The molecular formula is C17H24ClN5O4S. The molecule has 11 heteroatoms. The van der Waals surface area contributed by atoms with Crippen molar-refractivity contribution >= 4 is 39.6 Å². The van der Waals surface area contributed by atoms with Crippen LogP contribution in [-0.2, 0) is 14.6 Å². The second-order valence-corrected chi connectivity index (χ2v) is 8.55. The van der Waals surface area contributed by atoms with Crippen molar-refractivity contribution in [2.75, 3.05) is 32.4 Å². The normalized spacial score (nSPS) is 17.2. The Hall–Kier alpha value is -2.17. The lowest BCUT2D eigenvalue weighted by Gasteiger charge is -2.31. The summed E-state index contributed by atoms with van der Waals surface area (Å²) in [6, 6.07) is 5.06. The number of halogens is 1. The number of rotatable bonds is 5. The Morgan fingerprint density at radius 2 is 2.11 bits per heavy atom. The molecular weight excluding hydrogens is 406 g/mol. The number of likely N-dealkylation sites (tertiary alicyclic amines) is 1. The van der Waals surface area contributed by atoms with Crippen molar-refractivity contribution in [1.82, 2.24) is 19.6 Å². The lowest BCUT2D eigenvalue weighted by Crippen LogP contribution is -2.46. The number of hydrogen-bond acceptors (Lipinski definition) is 6. The summed E-state index contributed by atoms with van der Waals surface area (Å²) in [4.78, 5) is 30.9. The number of nitrogens with one attached hydrogen (secondary N) is 1. The maximum Gasteiger partial charge on any atom is 0.274 e. The molecule has 1 atom stereocenters. The van der Waals surface area contributed by atoms with Crippen molar-refractivity contribution in [2.45, 2.75) is 18.0 Å². The Morgan fingerprint density at radius 3 is 2.79 bits per heavy atom. The average Bonchev–Trinajstić information content (AvgIpc) is 3.05. The smallest absolute Gasteiger partial charge is 0.274 e. The van der Waals surface area contributed by atoms with Crippen LogP contribution >= 0.6 is 12.4 Å². The monoisotopic (exact) mass is 429 g/mol. The van der Waals surface area contributed by atoms with Gasteiger partial charge in [-0.3, -0.25) is 14.0 Å². The summed E-state index contributed by atoms with van der Waals surface area (Å²) in [6.45, 7) is 1.53. The largest absolute Gasteiger partial charge is 0.355 e. The van der Waals surface area contributed by atoms with Gasteiger partial charge in [0.05, 0.1) is 11.4 Å². The number of nitrogens with two attached hydrogens (primary N) is 1. The van der Waals surface area contributed by atoms with Crippen LogP contribution in [0, 0.1) is 5.92 Å². The Bertz CT molecular complexity index is 975. The first-order valence-electron chi connectivity index (χ1n) is 8.77. The first-order valence-corrected chi connectivity index (χ1v) is 10.7. The molecule has 0 saturated carbocycles. The van der Waals surface area contributed by atoms with Crippen molar-refractivity contribution in [2.24, 2.45) is 11.7 Å². The fourth-order valence-corrected chi connectivity index (χ4v) is 4.07. The molecule has 1 aliphatic rings. The Labute approximate surface area is 169 Å². The van der Waals surface area contributed by atoms with Gasteiger partial charge in [-0.1, -0.05) is 6.07 Å². The van der Waals surface area contributed by atoms with Crippen molar-refractivity contribution in [1.29, 1.82) is 0 Å². The molecule has 0 bridgehead atoms. The Morgan fingerprint density at radius 1 is 1.36 bits per heavy atom. The summed E-state index contributed by atoms with van der Waals surface area (Å²) in [5, 5.41) is 2.58. The molecule has 1 unspecified atom stereocenters. The highest BCUT2D eigenvalue weighted by atomic mass is 35.5. The third-order valence-corrected chi connectivity index (χ3v) is 5.52. The molecule has 1 fully saturated rings. The van der Waals surface area contributed by atoms with E-state index in [9.17, 15) is 18.0 Å². The van der Waals surface area contributed by atoms with E-state index >= 15 is 0 Å². The van der Waals surface area contributed by atoms with Gasteiger partial charge in [0.25, 0.3) is 5.91 Å². The number of imidazole rings is 1. The molecule has 154 valence electrons. The molecule has 0 aromatic carbocycles. The number of fused-ring (bicyclic) bond motifs is 1. The third kappa shape index (κ3) is 4.45. The lowest BCUT2D eigenvalue weighted by atomic mass is 9.97. The van der Waals surface area contributed by atoms with Gasteiger partial charge in [-0.05, 0) is 25.0 Å². The van der Waals surface area contributed by atoms with E-state index in [1.165, 1.54) is 4.40 Å². The van der Waals surface area contributed by atoms with Crippen LogP contribution in [0.1, 0.15) is 23.3 Å². The minimum Gasteiger partial charge on any atom is -0.355 e. The number of piperidine rings is 1. The van der Waals surface area contributed by atoms with Gasteiger partial charge in [0, 0.05) is 38.6 Å². The third-order valence-electron chi connectivity index (χ3n) is 4.57. The molecule has 2 aromatic rings. The minimum atomic E-state index is -3.60. The molecule has 1 saturated heterocycles. The van der Waals surface area contributed by atoms with Gasteiger partial charge in [0.15, 0.2) is 5.69 Å². The molecule has 28 heavy (non-hydrogen) atoms. The van der Waals surface area contributed by atoms with Crippen LogP contribution in [0.15, 0.2) is 29.6 Å². The first-order chi connectivity index (χ1) is 12.8. The zero-order valence-corrected chi connectivity index (χ0v) is 17.1. The lowest BCUT2D eigenvalue weighted by molar-refractivity contribution is -0.126. The molecule has 3 heterocycles. The number of aromatic nitrogens is 2. The van der Waals surface area contributed by atoms with Crippen LogP contribution in [0.25, 0.3) is 5.52 Å². The highest BCUT2D eigenvalue weighted by Gasteiger charge is 2.31. The summed E-state index contributed by atoms with van der Waals surface area (Å²) in [5.74, 6) is -0.799. The summed E-state index contributed by atoms with van der Waals surface area (Å²) in [5.41, 5.74) is 5.92. The maximum atomic E-state index is 13.0. The van der Waals surface area contributed by atoms with Gasteiger partial charge >= 0.3 is 0 Å². The summed E-state index contributed by atoms with van der Waals surface area (Å²) in [7, 11) is -3.60. The molecule has 1 aliphatic heterocycles. The van der Waals surface area contributed by atoms with E-state index in [1.807, 2.05) is 0 Å². The van der Waals surface area contributed by atoms with Crippen LogP contribution in [0.2, 0.25) is 0 Å². The van der Waals surface area contributed by atoms with Gasteiger partial charge in [-0.25, -0.2) is 13.4 Å². The van der Waals surface area contributed by atoms with E-state index in [0.29, 0.717) is 38.0 Å².